The lowest BCUT2D eigenvalue weighted by molar-refractivity contribution is -0.357. The Labute approximate surface area is 437 Å². The quantitative estimate of drug-likeness (QED) is 0.0954. The molecular weight excluding hydrogens is 993 g/mol. The standard InChI is InChI=1S/C52H84O23/c1-21(54)28-14-36(59)52(64)50(28,7)35(58)19-34-49(6)11-10-27(13-26(49)9-12-51(34,52)63)70-37-15-29(55)44(22(2)66-37)72-38-16-30(56)45(23(3)67-38)73-39-17-31(57)46(24(4)68-39)74-40-18-32(65-8)47(25(5)69-40)75-48-43(62)42(61)41(60)33(20-53)71-48/h9,22-25,27-48,53,55-64H,10-20H2,1-8H3/t22-,23-,24-,25-,27+,28+,29+,30+,31+,32-,33-,34-,35-,36-,37+,38+,39+,40+,41-,42+,43-,44-,45-,46-,47-,48+,49+,50+,51+,52-/m1/s1. The lowest BCUT2D eigenvalue weighted by atomic mass is 9.42. The minimum absolute atomic E-state index is 0.00356. The molecule has 8 fully saturated rings. The van der Waals surface area contributed by atoms with Crippen molar-refractivity contribution in [3.8, 4) is 0 Å². The van der Waals surface area contributed by atoms with E-state index in [1.54, 1.807) is 34.6 Å². The van der Waals surface area contributed by atoms with E-state index in [-0.39, 0.29) is 56.8 Å². The Morgan fingerprint density at radius 2 is 1.15 bits per heavy atom. The van der Waals surface area contributed by atoms with Crippen molar-refractivity contribution in [1.82, 2.24) is 0 Å². The normalized spacial score (nSPS) is 55.3. The maximum Gasteiger partial charge on any atom is 0.187 e. The molecule has 30 atom stereocenters. The summed E-state index contributed by atoms with van der Waals surface area (Å²) in [4.78, 5) is 12.7. The van der Waals surface area contributed by atoms with Gasteiger partial charge in [0.1, 0.15) is 65.8 Å². The number of rotatable bonds is 13. The van der Waals surface area contributed by atoms with Crippen LogP contribution in [0, 0.1) is 22.7 Å². The van der Waals surface area contributed by atoms with E-state index in [1.807, 2.05) is 13.0 Å². The highest BCUT2D eigenvalue weighted by Gasteiger charge is 2.79. The van der Waals surface area contributed by atoms with Crippen LogP contribution in [0.5, 0.6) is 0 Å². The molecule has 11 N–H and O–H groups in total. The van der Waals surface area contributed by atoms with Gasteiger partial charge in [-0.1, -0.05) is 25.5 Å². The van der Waals surface area contributed by atoms with Crippen LogP contribution in [0.15, 0.2) is 11.6 Å². The minimum Gasteiger partial charge on any atom is -0.394 e. The summed E-state index contributed by atoms with van der Waals surface area (Å²) in [5.41, 5.74) is -4.94. The molecule has 0 aromatic rings. The van der Waals surface area contributed by atoms with Gasteiger partial charge in [-0.15, -0.1) is 0 Å². The molecular formula is C52H84O23. The maximum atomic E-state index is 12.7. The summed E-state index contributed by atoms with van der Waals surface area (Å²) in [6.07, 6.45) is -19.7. The van der Waals surface area contributed by atoms with E-state index in [2.05, 4.69) is 0 Å². The molecule has 0 bridgehead atoms. The van der Waals surface area contributed by atoms with Crippen molar-refractivity contribution in [1.29, 1.82) is 0 Å². The highest BCUT2D eigenvalue weighted by molar-refractivity contribution is 5.80. The molecule has 3 saturated carbocycles. The number of hydrogen-bond donors (Lipinski definition) is 11. The summed E-state index contributed by atoms with van der Waals surface area (Å²) in [5.74, 6) is -1.65. The topological polar surface area (TPSA) is 341 Å². The largest absolute Gasteiger partial charge is 0.394 e. The van der Waals surface area contributed by atoms with Gasteiger partial charge in [-0.2, -0.15) is 0 Å². The van der Waals surface area contributed by atoms with Crippen LogP contribution < -0.4 is 0 Å². The number of hydrogen-bond acceptors (Lipinski definition) is 23. The van der Waals surface area contributed by atoms with E-state index in [0.29, 0.717) is 19.3 Å². The van der Waals surface area contributed by atoms with Crippen LogP contribution in [0.3, 0.4) is 0 Å². The van der Waals surface area contributed by atoms with Crippen molar-refractivity contribution in [2.75, 3.05) is 13.7 Å². The monoisotopic (exact) mass is 1080 g/mol. The van der Waals surface area contributed by atoms with Gasteiger partial charge >= 0.3 is 0 Å². The molecule has 9 aliphatic rings. The number of carbonyl (C=O) groups is 1. The van der Waals surface area contributed by atoms with E-state index in [1.165, 1.54) is 14.0 Å². The second kappa shape index (κ2) is 22.1. The van der Waals surface area contributed by atoms with Crippen LogP contribution in [0.25, 0.3) is 0 Å². The zero-order valence-corrected chi connectivity index (χ0v) is 44.2. The van der Waals surface area contributed by atoms with Crippen LogP contribution in [0.4, 0.5) is 0 Å². The summed E-state index contributed by atoms with van der Waals surface area (Å²) in [6.45, 7) is 11.3. The van der Waals surface area contributed by atoms with E-state index in [4.69, 9.17) is 52.1 Å². The van der Waals surface area contributed by atoms with Gasteiger partial charge in [0, 0.05) is 50.0 Å². The van der Waals surface area contributed by atoms with Crippen molar-refractivity contribution in [2.45, 2.75) is 271 Å². The summed E-state index contributed by atoms with van der Waals surface area (Å²) in [7, 11) is 1.46. The lowest BCUT2D eigenvalue weighted by Crippen LogP contribution is -2.78. The SMILES string of the molecule is CO[C@@H]1C[C@H](O[C@H]2[C@@H](O)C[C@H](O[C@H]3[C@@H](O)C[C@H](O[C@H]4[C@@H](O)C[C@H](O[C@H]5CC[C@@]6(C)C(=CC[C@]7(O)[C@@H]6C[C@@H](O)[C@]6(C)[C@H](C(C)=O)C[C@@H](O)[C@@]67O)C5)O[C@@H]4C)O[C@@H]3C)O[C@@H]2C)O[C@H](C)[C@H]1O[C@@H]1O[C@H](CO)[C@@H](O)[C@H](O)[C@H]1O. The molecule has 0 radical (unpaired) electrons. The average Bonchev–Trinajstić information content (AvgIpc) is 3.73. The van der Waals surface area contributed by atoms with Crippen LogP contribution in [-0.2, 0) is 56.9 Å². The maximum absolute atomic E-state index is 12.7. The smallest absolute Gasteiger partial charge is 0.187 e. The molecule has 5 saturated heterocycles. The highest BCUT2D eigenvalue weighted by atomic mass is 16.8. The molecule has 0 aromatic heterocycles. The predicted molar refractivity (Wildman–Crippen MR) is 254 cm³/mol. The minimum atomic E-state index is -2.11. The fourth-order valence-electron chi connectivity index (χ4n) is 14.9. The molecule has 0 unspecified atom stereocenters. The van der Waals surface area contributed by atoms with Gasteiger partial charge in [-0.25, -0.2) is 0 Å². The first-order chi connectivity index (χ1) is 35.3. The molecule has 4 aliphatic carbocycles. The van der Waals surface area contributed by atoms with Crippen molar-refractivity contribution >= 4 is 5.78 Å². The van der Waals surface area contributed by atoms with Gasteiger partial charge in [0.05, 0.1) is 73.8 Å². The van der Waals surface area contributed by atoms with Crippen molar-refractivity contribution in [3.05, 3.63) is 11.6 Å². The molecule has 0 spiro atoms. The first kappa shape index (κ1) is 58.2. The van der Waals surface area contributed by atoms with Crippen LogP contribution >= 0.6 is 0 Å². The van der Waals surface area contributed by atoms with E-state index < -0.39 is 182 Å². The Bertz CT molecular complexity index is 1980. The Morgan fingerprint density at radius 3 is 1.64 bits per heavy atom. The molecule has 23 heteroatoms. The number of aliphatic hydroxyl groups is 11. The zero-order valence-electron chi connectivity index (χ0n) is 44.2. The zero-order chi connectivity index (χ0) is 54.4. The number of methoxy groups -OCH3 is 1. The van der Waals surface area contributed by atoms with Gasteiger partial charge in [-0.05, 0) is 78.6 Å². The van der Waals surface area contributed by atoms with Crippen LogP contribution in [-0.4, -0.2) is 234 Å². The average molecular weight is 1080 g/mol. The Balaban J connectivity index is 0.731. The molecule has 5 heterocycles. The first-order valence-corrected chi connectivity index (χ1v) is 27.1. The lowest BCUT2D eigenvalue weighted by Gasteiger charge is -2.66. The molecule has 9 rings (SSSR count). The molecule has 430 valence electrons. The second-order valence-electron chi connectivity index (χ2n) is 23.6. The Morgan fingerprint density at radius 1 is 0.640 bits per heavy atom. The van der Waals surface area contributed by atoms with Gasteiger partial charge < -0.3 is 108 Å². The van der Waals surface area contributed by atoms with Crippen LogP contribution in [0.1, 0.15) is 113 Å². The summed E-state index contributed by atoms with van der Waals surface area (Å²) < 4.78 is 67.2. The summed E-state index contributed by atoms with van der Waals surface area (Å²) in [6, 6.07) is 0. The molecule has 0 aromatic carbocycles. The highest BCUT2D eigenvalue weighted by Crippen LogP contribution is 2.69. The molecule has 0 amide bonds. The van der Waals surface area contributed by atoms with Crippen molar-refractivity contribution in [2.24, 2.45) is 22.7 Å². The third-order valence-corrected chi connectivity index (χ3v) is 19.2. The third kappa shape index (κ3) is 10.2. The third-order valence-electron chi connectivity index (χ3n) is 19.2. The Hall–Kier alpha value is -1.47. The first-order valence-electron chi connectivity index (χ1n) is 27.1. The van der Waals surface area contributed by atoms with E-state index in [0.717, 1.165) is 5.57 Å². The number of Topliss-reactive ketones (excluding diaryl/α,β-unsaturated/α-hetero) is 1. The predicted octanol–water partition coefficient (Wildman–Crippen LogP) is -1.31. The van der Waals surface area contributed by atoms with Gasteiger partial charge in [0.25, 0.3) is 0 Å². The van der Waals surface area contributed by atoms with Crippen molar-refractivity contribution in [3.63, 3.8) is 0 Å². The summed E-state index contributed by atoms with van der Waals surface area (Å²) in [5, 5.41) is 123. The van der Waals surface area contributed by atoms with Gasteiger partial charge in [0.15, 0.2) is 31.5 Å². The summed E-state index contributed by atoms with van der Waals surface area (Å²) >= 11 is 0. The fourth-order valence-corrected chi connectivity index (χ4v) is 14.9. The number of fused-ring (bicyclic) bond motifs is 5. The number of ether oxygens (including phenoxy) is 11. The molecule has 5 aliphatic heterocycles. The number of carbonyl (C=O) groups excluding carboxylic acids is 1. The van der Waals surface area contributed by atoms with Crippen LogP contribution in [0.2, 0.25) is 0 Å². The molecule has 75 heavy (non-hydrogen) atoms. The van der Waals surface area contributed by atoms with E-state index in [9.17, 15) is 61.0 Å². The van der Waals surface area contributed by atoms with E-state index >= 15 is 0 Å². The molecule has 23 nitrogen and oxygen atoms in total. The van der Waals surface area contributed by atoms with Gasteiger partial charge in [0.2, 0.25) is 0 Å². The number of ketones is 1. The van der Waals surface area contributed by atoms with Crippen molar-refractivity contribution < 1.29 is 113 Å². The number of aliphatic hydroxyl groups excluding tert-OH is 9. The second-order valence-corrected chi connectivity index (χ2v) is 23.6. The van der Waals surface area contributed by atoms with Gasteiger partial charge in [-0.3, -0.25) is 4.79 Å². The fraction of sp³-hybridized carbons (Fsp3) is 0.942. The Kier molecular flexibility index (Phi) is 17.2.